The Hall–Kier alpha value is -1.22. The van der Waals surface area contributed by atoms with Gasteiger partial charge in [-0.05, 0) is 25.1 Å². The SMILES string of the molecule is C=N/C=C(\N=CC)c1cccs1.CC.CCC. The fourth-order valence-electron chi connectivity index (χ4n) is 0.810. The van der Waals surface area contributed by atoms with Gasteiger partial charge in [-0.3, -0.25) is 9.98 Å². The van der Waals surface area contributed by atoms with E-state index in [1.165, 1.54) is 6.42 Å². The van der Waals surface area contributed by atoms with E-state index in [0.29, 0.717) is 0 Å². The molecule has 0 aliphatic heterocycles. The number of nitrogens with zero attached hydrogens (tertiary/aromatic N) is 2. The van der Waals surface area contributed by atoms with Gasteiger partial charge in [0, 0.05) is 6.21 Å². The molecule has 0 amide bonds. The summed E-state index contributed by atoms with van der Waals surface area (Å²) in [5, 5.41) is 2.01. The van der Waals surface area contributed by atoms with Crippen LogP contribution in [0, 0.1) is 0 Å². The molecule has 17 heavy (non-hydrogen) atoms. The van der Waals surface area contributed by atoms with Crippen LogP contribution in [0.5, 0.6) is 0 Å². The highest BCUT2D eigenvalue weighted by Gasteiger charge is 1.97. The van der Waals surface area contributed by atoms with E-state index >= 15 is 0 Å². The number of hydrogen-bond donors (Lipinski definition) is 0. The predicted molar refractivity (Wildman–Crippen MR) is 83.3 cm³/mol. The lowest BCUT2D eigenvalue weighted by Crippen LogP contribution is -1.73. The molecule has 0 saturated heterocycles. The first-order valence-corrected chi connectivity index (χ1v) is 6.86. The Kier molecular flexibility index (Phi) is 15.8. The lowest BCUT2D eigenvalue weighted by molar-refractivity contribution is 1.09. The number of aliphatic imine (C=N–C) groups is 2. The Morgan fingerprint density at radius 1 is 1.41 bits per heavy atom. The molecule has 0 aromatic carbocycles. The molecule has 1 rings (SSSR count). The van der Waals surface area contributed by atoms with Crippen LogP contribution in [0.15, 0.2) is 33.7 Å². The highest BCUT2D eigenvalue weighted by Crippen LogP contribution is 2.20. The van der Waals surface area contributed by atoms with E-state index < -0.39 is 0 Å². The van der Waals surface area contributed by atoms with Crippen molar-refractivity contribution in [1.29, 1.82) is 0 Å². The first kappa shape index (κ1) is 18.2. The summed E-state index contributed by atoms with van der Waals surface area (Å²) in [6.45, 7) is 13.5. The monoisotopic (exact) mass is 252 g/mol. The van der Waals surface area contributed by atoms with Crippen molar-refractivity contribution in [3.05, 3.63) is 28.6 Å². The van der Waals surface area contributed by atoms with Gasteiger partial charge in [0.25, 0.3) is 0 Å². The number of hydrogen-bond acceptors (Lipinski definition) is 3. The van der Waals surface area contributed by atoms with Gasteiger partial charge in [0.2, 0.25) is 0 Å². The van der Waals surface area contributed by atoms with E-state index in [9.17, 15) is 0 Å². The van der Waals surface area contributed by atoms with Gasteiger partial charge in [-0.15, -0.1) is 11.3 Å². The molecule has 0 radical (unpaired) electrons. The molecule has 0 saturated carbocycles. The first-order chi connectivity index (χ1) is 8.29. The molecule has 0 aliphatic rings. The second-order valence-electron chi connectivity index (χ2n) is 2.77. The van der Waals surface area contributed by atoms with Crippen molar-refractivity contribution in [2.24, 2.45) is 9.98 Å². The van der Waals surface area contributed by atoms with Gasteiger partial charge >= 0.3 is 0 Å². The minimum absolute atomic E-state index is 0.863. The Balaban J connectivity index is 0. The zero-order chi connectivity index (χ0) is 13.5. The smallest absolute Gasteiger partial charge is 0.0979 e. The summed E-state index contributed by atoms with van der Waals surface area (Å²) < 4.78 is 0. The van der Waals surface area contributed by atoms with Crippen molar-refractivity contribution in [1.82, 2.24) is 0 Å². The van der Waals surface area contributed by atoms with E-state index in [1.807, 2.05) is 38.3 Å². The predicted octanol–water partition coefficient (Wildman–Crippen LogP) is 5.28. The molecule has 96 valence electrons. The van der Waals surface area contributed by atoms with Crippen LogP contribution in [0.1, 0.15) is 45.9 Å². The van der Waals surface area contributed by atoms with Crippen molar-refractivity contribution in [3.8, 4) is 0 Å². The minimum atomic E-state index is 0.863. The lowest BCUT2D eigenvalue weighted by Gasteiger charge is -1.93. The van der Waals surface area contributed by atoms with Crippen molar-refractivity contribution >= 4 is 30.0 Å². The zero-order valence-electron chi connectivity index (χ0n) is 11.6. The molecule has 2 nitrogen and oxygen atoms in total. The maximum Gasteiger partial charge on any atom is 0.0979 e. The van der Waals surface area contributed by atoms with Crippen LogP contribution in [-0.2, 0) is 0 Å². The van der Waals surface area contributed by atoms with Crippen molar-refractivity contribution in [2.75, 3.05) is 0 Å². The molecule has 1 heterocycles. The maximum atomic E-state index is 4.17. The molecular formula is C14H24N2S. The number of thiophene rings is 1. The fourth-order valence-corrected chi connectivity index (χ4v) is 1.50. The second-order valence-corrected chi connectivity index (χ2v) is 3.72. The van der Waals surface area contributed by atoms with Gasteiger partial charge in [0.05, 0.1) is 16.8 Å². The Morgan fingerprint density at radius 3 is 2.35 bits per heavy atom. The van der Waals surface area contributed by atoms with Crippen molar-refractivity contribution in [2.45, 2.75) is 41.0 Å². The van der Waals surface area contributed by atoms with Crippen LogP contribution in [-0.4, -0.2) is 12.9 Å². The third-order valence-electron chi connectivity index (χ3n) is 1.26. The van der Waals surface area contributed by atoms with E-state index in [0.717, 1.165) is 10.6 Å². The van der Waals surface area contributed by atoms with Gasteiger partial charge in [-0.1, -0.05) is 40.2 Å². The quantitative estimate of drug-likeness (QED) is 0.654. The molecular weight excluding hydrogens is 228 g/mol. The van der Waals surface area contributed by atoms with Crippen LogP contribution in [0.3, 0.4) is 0 Å². The molecule has 0 bridgehead atoms. The van der Waals surface area contributed by atoms with Gasteiger partial charge in [0.15, 0.2) is 0 Å². The van der Waals surface area contributed by atoms with Gasteiger partial charge in [-0.25, -0.2) is 0 Å². The minimum Gasteiger partial charge on any atom is -0.270 e. The molecule has 0 unspecified atom stereocenters. The summed E-state index contributed by atoms with van der Waals surface area (Å²) >= 11 is 1.64. The summed E-state index contributed by atoms with van der Waals surface area (Å²) in [4.78, 5) is 8.97. The summed E-state index contributed by atoms with van der Waals surface area (Å²) in [5.41, 5.74) is 0.863. The van der Waals surface area contributed by atoms with Crippen LogP contribution < -0.4 is 0 Å². The van der Waals surface area contributed by atoms with Gasteiger partial charge in [0.1, 0.15) is 0 Å². The Bertz CT molecular complexity index is 311. The molecule has 0 aliphatic carbocycles. The highest BCUT2D eigenvalue weighted by molar-refractivity contribution is 7.11. The Morgan fingerprint density at radius 2 is 2.00 bits per heavy atom. The molecule has 1 aromatic heterocycles. The topological polar surface area (TPSA) is 24.7 Å². The van der Waals surface area contributed by atoms with Crippen LogP contribution in [0.2, 0.25) is 0 Å². The van der Waals surface area contributed by atoms with E-state index in [4.69, 9.17) is 0 Å². The van der Waals surface area contributed by atoms with Crippen molar-refractivity contribution in [3.63, 3.8) is 0 Å². The molecule has 0 N–H and O–H groups in total. The summed E-state index contributed by atoms with van der Waals surface area (Å²) in [6.07, 6.45) is 4.66. The van der Waals surface area contributed by atoms with E-state index in [-0.39, 0.29) is 0 Å². The fraction of sp³-hybridized carbons (Fsp3) is 0.429. The average Bonchev–Trinajstić information content (AvgIpc) is 2.86. The molecule has 1 aromatic rings. The second kappa shape index (κ2) is 14.8. The van der Waals surface area contributed by atoms with Crippen LogP contribution >= 0.6 is 11.3 Å². The molecule has 3 heteroatoms. The lowest BCUT2D eigenvalue weighted by atomic mass is 10.4. The van der Waals surface area contributed by atoms with Crippen molar-refractivity contribution < 1.29 is 0 Å². The molecule has 0 atom stereocenters. The normalized spacial score (nSPS) is 10.1. The maximum absolute atomic E-state index is 4.17. The summed E-state index contributed by atoms with van der Waals surface area (Å²) in [5.74, 6) is 0. The van der Waals surface area contributed by atoms with E-state index in [2.05, 4.69) is 30.5 Å². The molecule has 0 spiro atoms. The van der Waals surface area contributed by atoms with Gasteiger partial charge < -0.3 is 0 Å². The molecule has 0 fully saturated rings. The van der Waals surface area contributed by atoms with Crippen LogP contribution in [0.25, 0.3) is 5.70 Å². The highest BCUT2D eigenvalue weighted by atomic mass is 32.1. The third kappa shape index (κ3) is 9.69. The number of rotatable bonds is 3. The largest absolute Gasteiger partial charge is 0.270 e. The average molecular weight is 252 g/mol. The third-order valence-corrected chi connectivity index (χ3v) is 2.15. The summed E-state index contributed by atoms with van der Waals surface area (Å²) in [7, 11) is 0. The first-order valence-electron chi connectivity index (χ1n) is 5.98. The Labute approximate surface area is 110 Å². The standard InChI is InChI=1S/C9H10N2S.C3H8.C2H6/c1-3-11-8(7-10-2)9-5-4-6-12-9;1-3-2;1-2/h3-7H,2H2,1H3;3H2,1-2H3;1-2H3/b8-7-,11-3?;;. The van der Waals surface area contributed by atoms with Gasteiger partial charge in [-0.2, -0.15) is 0 Å². The zero-order valence-corrected chi connectivity index (χ0v) is 12.4. The van der Waals surface area contributed by atoms with Crippen LogP contribution in [0.4, 0.5) is 0 Å². The van der Waals surface area contributed by atoms with E-state index in [1.54, 1.807) is 23.8 Å². The summed E-state index contributed by atoms with van der Waals surface area (Å²) in [6, 6.07) is 4.00.